The van der Waals surface area contributed by atoms with Crippen molar-refractivity contribution in [1.29, 1.82) is 0 Å². The topological polar surface area (TPSA) is 32.3 Å². The van der Waals surface area contributed by atoms with Crippen LogP contribution in [-0.2, 0) is 4.79 Å². The molecule has 1 N–H and O–H groups in total. The number of carbonyl (C=O) groups excluding carboxylic acids is 1. The third-order valence-electron chi connectivity index (χ3n) is 4.38. The summed E-state index contributed by atoms with van der Waals surface area (Å²) < 4.78 is 0. The number of benzene rings is 1. The first-order chi connectivity index (χ1) is 8.67. The molecule has 1 aromatic rings. The van der Waals surface area contributed by atoms with E-state index in [2.05, 4.69) is 42.3 Å². The van der Waals surface area contributed by atoms with Crippen LogP contribution < -0.4 is 10.2 Å². The molecule has 1 aromatic carbocycles. The van der Waals surface area contributed by atoms with Crippen molar-refractivity contribution in [3.05, 3.63) is 23.8 Å². The Labute approximate surface area is 108 Å². The second-order valence-corrected chi connectivity index (χ2v) is 5.46. The highest BCUT2D eigenvalue weighted by molar-refractivity contribution is 6.07. The highest BCUT2D eigenvalue weighted by atomic mass is 16.2. The van der Waals surface area contributed by atoms with E-state index in [1.165, 1.54) is 11.3 Å². The number of aryl methyl sites for hydroxylation is 1. The first-order valence-corrected chi connectivity index (χ1v) is 6.87. The number of carbonyl (C=O) groups is 1. The van der Waals surface area contributed by atoms with Crippen LogP contribution in [0.2, 0.25) is 0 Å². The summed E-state index contributed by atoms with van der Waals surface area (Å²) in [4.78, 5) is 14.8. The molecule has 0 saturated heterocycles. The van der Waals surface area contributed by atoms with Crippen LogP contribution in [0.3, 0.4) is 0 Å². The molecule has 18 heavy (non-hydrogen) atoms. The van der Waals surface area contributed by atoms with Crippen LogP contribution in [0.5, 0.6) is 0 Å². The zero-order valence-corrected chi connectivity index (χ0v) is 11.1. The van der Waals surface area contributed by atoms with Crippen LogP contribution in [0.4, 0.5) is 11.4 Å². The molecule has 0 unspecified atom stereocenters. The summed E-state index contributed by atoms with van der Waals surface area (Å²) in [6.07, 6.45) is 4.29. The molecule has 1 aliphatic carbocycles. The number of rotatable bonds is 1. The summed E-state index contributed by atoms with van der Waals surface area (Å²) in [5, 5.41) is 3.12. The van der Waals surface area contributed by atoms with Gasteiger partial charge in [0, 0.05) is 6.54 Å². The van der Waals surface area contributed by atoms with Gasteiger partial charge in [-0.3, -0.25) is 4.79 Å². The van der Waals surface area contributed by atoms with Crippen LogP contribution in [0.25, 0.3) is 0 Å². The van der Waals surface area contributed by atoms with E-state index in [-0.39, 0.29) is 11.4 Å². The van der Waals surface area contributed by atoms with E-state index in [0.29, 0.717) is 0 Å². The lowest BCUT2D eigenvalue weighted by molar-refractivity contribution is -0.121. The first-order valence-electron chi connectivity index (χ1n) is 6.87. The Hall–Kier alpha value is -1.51. The second-order valence-electron chi connectivity index (χ2n) is 5.46. The normalized spacial score (nSPS) is 21.0. The summed E-state index contributed by atoms with van der Waals surface area (Å²) >= 11 is 0. The molecule has 0 bridgehead atoms. The fraction of sp³-hybridized carbons (Fsp3) is 0.533. The molecule has 96 valence electrons. The fourth-order valence-corrected chi connectivity index (χ4v) is 3.51. The molecule has 1 spiro atoms. The van der Waals surface area contributed by atoms with E-state index < -0.39 is 0 Å². The predicted octanol–water partition coefficient (Wildman–Crippen LogP) is 3.09. The van der Waals surface area contributed by atoms with Crippen molar-refractivity contribution in [2.24, 2.45) is 0 Å². The molecule has 1 amide bonds. The summed E-state index contributed by atoms with van der Waals surface area (Å²) in [6, 6.07) is 6.34. The van der Waals surface area contributed by atoms with Gasteiger partial charge in [0.1, 0.15) is 5.54 Å². The van der Waals surface area contributed by atoms with Crippen LogP contribution in [0, 0.1) is 6.92 Å². The minimum absolute atomic E-state index is 0.194. The number of amides is 1. The highest BCUT2D eigenvalue weighted by Gasteiger charge is 2.48. The Morgan fingerprint density at radius 3 is 2.72 bits per heavy atom. The van der Waals surface area contributed by atoms with Crippen molar-refractivity contribution < 1.29 is 4.79 Å². The number of likely N-dealkylation sites (N-methyl/N-ethyl adjacent to an activating group) is 1. The SMILES string of the molecule is CCN1c2ccc(C)cc2NC(=O)C12CCCC2. The van der Waals surface area contributed by atoms with E-state index in [1.54, 1.807) is 0 Å². The zero-order chi connectivity index (χ0) is 12.8. The lowest BCUT2D eigenvalue weighted by Gasteiger charge is -2.45. The molecule has 1 saturated carbocycles. The molecule has 1 heterocycles. The van der Waals surface area contributed by atoms with Gasteiger partial charge in [0.25, 0.3) is 0 Å². The van der Waals surface area contributed by atoms with Crippen molar-refractivity contribution in [2.45, 2.75) is 45.1 Å². The fourth-order valence-electron chi connectivity index (χ4n) is 3.51. The van der Waals surface area contributed by atoms with Gasteiger partial charge < -0.3 is 10.2 Å². The van der Waals surface area contributed by atoms with E-state index in [4.69, 9.17) is 0 Å². The lowest BCUT2D eigenvalue weighted by atomic mass is 9.90. The predicted molar refractivity (Wildman–Crippen MR) is 74.0 cm³/mol. The molecule has 3 nitrogen and oxygen atoms in total. The van der Waals surface area contributed by atoms with Crippen molar-refractivity contribution in [3.63, 3.8) is 0 Å². The molecule has 1 aliphatic heterocycles. The maximum atomic E-state index is 12.5. The van der Waals surface area contributed by atoms with Gasteiger partial charge in [0.05, 0.1) is 11.4 Å². The number of nitrogens with zero attached hydrogens (tertiary/aromatic N) is 1. The molecule has 0 radical (unpaired) electrons. The van der Waals surface area contributed by atoms with Crippen LogP contribution >= 0.6 is 0 Å². The summed E-state index contributed by atoms with van der Waals surface area (Å²) in [5.41, 5.74) is 3.06. The monoisotopic (exact) mass is 244 g/mol. The standard InChI is InChI=1S/C15H20N2O/c1-3-17-13-7-6-11(2)10-12(13)16-14(18)15(17)8-4-5-9-15/h6-7,10H,3-5,8-9H2,1-2H3,(H,16,18). The third-order valence-corrected chi connectivity index (χ3v) is 4.38. The van der Waals surface area contributed by atoms with E-state index in [0.717, 1.165) is 37.9 Å². The van der Waals surface area contributed by atoms with Gasteiger partial charge in [0.15, 0.2) is 0 Å². The van der Waals surface area contributed by atoms with Crippen molar-refractivity contribution in [2.75, 3.05) is 16.8 Å². The maximum absolute atomic E-state index is 12.5. The molecule has 1 fully saturated rings. The number of hydrogen-bond acceptors (Lipinski definition) is 2. The largest absolute Gasteiger partial charge is 0.356 e. The van der Waals surface area contributed by atoms with E-state index >= 15 is 0 Å². The average Bonchev–Trinajstić information content (AvgIpc) is 2.82. The van der Waals surface area contributed by atoms with Gasteiger partial charge in [-0.2, -0.15) is 0 Å². The second kappa shape index (κ2) is 4.01. The van der Waals surface area contributed by atoms with Gasteiger partial charge in [0.2, 0.25) is 5.91 Å². The quantitative estimate of drug-likeness (QED) is 0.823. The Morgan fingerprint density at radius 2 is 2.06 bits per heavy atom. The molecular weight excluding hydrogens is 224 g/mol. The van der Waals surface area contributed by atoms with E-state index in [9.17, 15) is 4.79 Å². The lowest BCUT2D eigenvalue weighted by Crippen LogP contribution is -2.58. The minimum Gasteiger partial charge on any atom is -0.356 e. The first kappa shape index (κ1) is 11.6. The van der Waals surface area contributed by atoms with Gasteiger partial charge in [-0.25, -0.2) is 0 Å². The van der Waals surface area contributed by atoms with E-state index in [1.807, 2.05) is 0 Å². The van der Waals surface area contributed by atoms with Crippen LogP contribution in [0.1, 0.15) is 38.2 Å². The summed E-state index contributed by atoms with van der Waals surface area (Å²) in [5.74, 6) is 0.194. The average molecular weight is 244 g/mol. The van der Waals surface area contributed by atoms with Gasteiger partial charge >= 0.3 is 0 Å². The Balaban J connectivity index is 2.12. The maximum Gasteiger partial charge on any atom is 0.250 e. The number of nitrogens with one attached hydrogen (secondary N) is 1. The summed E-state index contributed by atoms with van der Waals surface area (Å²) in [7, 11) is 0. The van der Waals surface area contributed by atoms with Crippen molar-refractivity contribution >= 4 is 17.3 Å². The Kier molecular flexibility index (Phi) is 2.58. The van der Waals surface area contributed by atoms with Crippen molar-refractivity contribution in [1.82, 2.24) is 0 Å². The van der Waals surface area contributed by atoms with Crippen LogP contribution in [0.15, 0.2) is 18.2 Å². The van der Waals surface area contributed by atoms with Crippen LogP contribution in [-0.4, -0.2) is 18.0 Å². The molecule has 0 aromatic heterocycles. The van der Waals surface area contributed by atoms with Gasteiger partial charge in [-0.15, -0.1) is 0 Å². The zero-order valence-electron chi connectivity index (χ0n) is 11.1. The molecule has 3 heteroatoms. The smallest absolute Gasteiger partial charge is 0.250 e. The highest BCUT2D eigenvalue weighted by Crippen LogP contribution is 2.45. The summed E-state index contributed by atoms with van der Waals surface area (Å²) in [6.45, 7) is 5.09. The Bertz CT molecular complexity index is 489. The minimum atomic E-state index is -0.281. The number of anilines is 2. The van der Waals surface area contributed by atoms with Crippen molar-refractivity contribution in [3.8, 4) is 0 Å². The molecule has 2 aliphatic rings. The third kappa shape index (κ3) is 1.46. The molecule has 3 rings (SSSR count). The number of hydrogen-bond donors (Lipinski definition) is 1. The number of fused-ring (bicyclic) bond motifs is 1. The van der Waals surface area contributed by atoms with Gasteiger partial charge in [-0.05, 0) is 44.4 Å². The molecular formula is C15H20N2O. The Morgan fingerprint density at radius 1 is 1.33 bits per heavy atom. The van der Waals surface area contributed by atoms with Gasteiger partial charge in [-0.1, -0.05) is 18.9 Å². The molecule has 0 atom stereocenters.